The molecule has 0 saturated carbocycles. The summed E-state index contributed by atoms with van der Waals surface area (Å²) in [6.07, 6.45) is 0. The number of aromatic nitrogens is 2. The lowest BCUT2D eigenvalue weighted by atomic mass is 10.1. The van der Waals surface area contributed by atoms with Gasteiger partial charge in [-0.25, -0.2) is 0 Å². The molecule has 2 heterocycles. The Bertz CT molecular complexity index is 578. The highest BCUT2D eigenvalue weighted by molar-refractivity contribution is 9.10. The van der Waals surface area contributed by atoms with E-state index in [9.17, 15) is 0 Å². The Morgan fingerprint density at radius 2 is 1.84 bits per heavy atom. The topological polar surface area (TPSA) is 21.1 Å². The molecule has 0 unspecified atom stereocenters. The molecule has 0 spiro atoms. The minimum Gasteiger partial charge on any atom is -0.289 e. The van der Waals surface area contributed by atoms with E-state index in [0.29, 0.717) is 0 Å². The predicted octanol–water partition coefficient (Wildman–Crippen LogP) is 3.49. The first kappa shape index (κ1) is 12.9. The summed E-state index contributed by atoms with van der Waals surface area (Å²) >= 11 is 3.67. The third kappa shape index (κ3) is 2.35. The van der Waals surface area contributed by atoms with Gasteiger partial charge in [-0.3, -0.25) is 9.58 Å². The molecule has 3 rings (SSSR count). The van der Waals surface area contributed by atoms with Crippen LogP contribution in [0.1, 0.15) is 29.4 Å². The van der Waals surface area contributed by atoms with Crippen LogP contribution in [-0.2, 0) is 26.2 Å². The minimum atomic E-state index is 0.919. The maximum atomic E-state index is 4.56. The van der Waals surface area contributed by atoms with Gasteiger partial charge < -0.3 is 0 Å². The predicted molar refractivity (Wildman–Crippen MR) is 79.7 cm³/mol. The summed E-state index contributed by atoms with van der Waals surface area (Å²) in [5, 5.41) is 4.56. The highest BCUT2D eigenvalue weighted by Crippen LogP contribution is 2.27. The van der Waals surface area contributed by atoms with Crippen molar-refractivity contribution in [3.63, 3.8) is 0 Å². The number of halogens is 1. The van der Waals surface area contributed by atoms with Crippen molar-refractivity contribution >= 4 is 15.9 Å². The van der Waals surface area contributed by atoms with Gasteiger partial charge in [0.05, 0.1) is 15.9 Å². The molecule has 1 aliphatic heterocycles. The van der Waals surface area contributed by atoms with Crippen LogP contribution in [0.4, 0.5) is 0 Å². The lowest BCUT2D eigenvalue weighted by molar-refractivity contribution is 0.265. The van der Waals surface area contributed by atoms with Gasteiger partial charge in [-0.1, -0.05) is 24.3 Å². The minimum absolute atomic E-state index is 0.919. The molecule has 0 bridgehead atoms. The SMILES string of the molecule is CCn1nc(C)c(Br)c1CN1Cc2ccccc2C1. The van der Waals surface area contributed by atoms with Crippen LogP contribution in [-0.4, -0.2) is 14.7 Å². The Labute approximate surface area is 122 Å². The van der Waals surface area contributed by atoms with Crippen LogP contribution in [0.3, 0.4) is 0 Å². The molecule has 0 saturated heterocycles. The molecule has 19 heavy (non-hydrogen) atoms. The van der Waals surface area contributed by atoms with Gasteiger partial charge in [-0.2, -0.15) is 5.10 Å². The molecular weight excluding hydrogens is 302 g/mol. The number of hydrogen-bond acceptors (Lipinski definition) is 2. The Hall–Kier alpha value is -1.13. The first-order chi connectivity index (χ1) is 9.19. The molecule has 0 aliphatic carbocycles. The van der Waals surface area contributed by atoms with E-state index in [1.165, 1.54) is 16.8 Å². The lowest BCUT2D eigenvalue weighted by Crippen LogP contribution is -2.18. The number of aryl methyl sites for hydroxylation is 2. The second-order valence-corrected chi connectivity index (χ2v) is 5.87. The zero-order valence-corrected chi connectivity index (χ0v) is 12.9. The zero-order valence-electron chi connectivity index (χ0n) is 11.4. The van der Waals surface area contributed by atoms with Crippen LogP contribution in [0.5, 0.6) is 0 Å². The first-order valence-electron chi connectivity index (χ1n) is 6.70. The first-order valence-corrected chi connectivity index (χ1v) is 7.49. The van der Waals surface area contributed by atoms with Gasteiger partial charge in [-0.05, 0) is 40.9 Å². The number of nitrogens with zero attached hydrogens (tertiary/aromatic N) is 3. The molecule has 1 aromatic carbocycles. The van der Waals surface area contributed by atoms with Crippen molar-refractivity contribution in [3.8, 4) is 0 Å². The molecule has 4 heteroatoms. The monoisotopic (exact) mass is 319 g/mol. The van der Waals surface area contributed by atoms with Crippen LogP contribution in [0.25, 0.3) is 0 Å². The molecule has 1 aliphatic rings. The molecule has 0 N–H and O–H groups in total. The van der Waals surface area contributed by atoms with Crippen LogP contribution >= 0.6 is 15.9 Å². The van der Waals surface area contributed by atoms with Gasteiger partial charge in [0.15, 0.2) is 0 Å². The Morgan fingerprint density at radius 3 is 2.42 bits per heavy atom. The maximum Gasteiger partial charge on any atom is 0.0739 e. The van der Waals surface area contributed by atoms with Crippen LogP contribution in [0.15, 0.2) is 28.7 Å². The number of fused-ring (bicyclic) bond motifs is 1. The molecule has 0 atom stereocenters. The van der Waals surface area contributed by atoms with Gasteiger partial charge in [0.2, 0.25) is 0 Å². The largest absolute Gasteiger partial charge is 0.289 e. The summed E-state index contributed by atoms with van der Waals surface area (Å²) in [5.41, 5.74) is 5.28. The quantitative estimate of drug-likeness (QED) is 0.863. The van der Waals surface area contributed by atoms with Crippen molar-refractivity contribution in [2.75, 3.05) is 0 Å². The maximum absolute atomic E-state index is 4.56. The Morgan fingerprint density at radius 1 is 1.21 bits per heavy atom. The molecule has 2 aromatic rings. The Kier molecular flexibility index (Phi) is 3.46. The fourth-order valence-electron chi connectivity index (χ4n) is 2.75. The summed E-state index contributed by atoms with van der Waals surface area (Å²) in [6.45, 7) is 8.14. The van der Waals surface area contributed by atoms with Crippen molar-refractivity contribution in [1.82, 2.24) is 14.7 Å². The van der Waals surface area contributed by atoms with E-state index >= 15 is 0 Å². The summed E-state index contributed by atoms with van der Waals surface area (Å²) in [5.74, 6) is 0. The van der Waals surface area contributed by atoms with Gasteiger partial charge in [0, 0.05) is 26.2 Å². The summed E-state index contributed by atoms with van der Waals surface area (Å²) in [4.78, 5) is 2.47. The summed E-state index contributed by atoms with van der Waals surface area (Å²) in [6, 6.07) is 8.71. The molecule has 0 radical (unpaired) electrons. The second kappa shape index (κ2) is 5.10. The number of benzene rings is 1. The third-order valence-electron chi connectivity index (χ3n) is 3.73. The van der Waals surface area contributed by atoms with E-state index < -0.39 is 0 Å². The van der Waals surface area contributed by atoms with Crippen molar-refractivity contribution in [3.05, 3.63) is 51.3 Å². The third-order valence-corrected chi connectivity index (χ3v) is 4.76. The molecule has 0 amide bonds. The molecule has 100 valence electrons. The fourth-order valence-corrected chi connectivity index (χ4v) is 3.16. The van der Waals surface area contributed by atoms with E-state index in [-0.39, 0.29) is 0 Å². The van der Waals surface area contributed by atoms with Gasteiger partial charge in [0.25, 0.3) is 0 Å². The lowest BCUT2D eigenvalue weighted by Gasteiger charge is -2.16. The van der Waals surface area contributed by atoms with Crippen LogP contribution in [0, 0.1) is 6.92 Å². The Balaban J connectivity index is 1.81. The zero-order chi connectivity index (χ0) is 13.4. The standard InChI is InChI=1S/C15H18BrN3/c1-3-19-14(15(16)11(2)17-19)10-18-8-12-6-4-5-7-13(12)9-18/h4-7H,3,8-10H2,1-2H3. The summed E-state index contributed by atoms with van der Waals surface area (Å²) in [7, 11) is 0. The average Bonchev–Trinajstić information content (AvgIpc) is 2.94. The van der Waals surface area contributed by atoms with Gasteiger partial charge in [0.1, 0.15) is 0 Å². The molecule has 1 aromatic heterocycles. The number of rotatable bonds is 3. The second-order valence-electron chi connectivity index (χ2n) is 5.08. The van der Waals surface area contributed by atoms with Gasteiger partial charge >= 0.3 is 0 Å². The summed E-state index contributed by atoms with van der Waals surface area (Å²) < 4.78 is 3.26. The fraction of sp³-hybridized carbons (Fsp3) is 0.400. The van der Waals surface area contributed by atoms with Crippen molar-refractivity contribution in [1.29, 1.82) is 0 Å². The van der Waals surface area contributed by atoms with Gasteiger partial charge in [-0.15, -0.1) is 0 Å². The molecule has 3 nitrogen and oxygen atoms in total. The van der Waals surface area contributed by atoms with E-state index in [0.717, 1.165) is 36.3 Å². The van der Waals surface area contributed by atoms with Crippen molar-refractivity contribution in [2.24, 2.45) is 0 Å². The van der Waals surface area contributed by atoms with Crippen LogP contribution < -0.4 is 0 Å². The van der Waals surface area contributed by atoms with E-state index in [1.807, 2.05) is 0 Å². The normalized spacial score (nSPS) is 14.9. The highest BCUT2D eigenvalue weighted by Gasteiger charge is 2.21. The van der Waals surface area contributed by atoms with Crippen LogP contribution in [0.2, 0.25) is 0 Å². The van der Waals surface area contributed by atoms with E-state index in [1.54, 1.807) is 0 Å². The molecular formula is C15H18BrN3. The molecule has 0 fully saturated rings. The highest BCUT2D eigenvalue weighted by atomic mass is 79.9. The van der Waals surface area contributed by atoms with E-state index in [4.69, 9.17) is 0 Å². The van der Waals surface area contributed by atoms with Crippen molar-refractivity contribution < 1.29 is 0 Å². The average molecular weight is 320 g/mol. The van der Waals surface area contributed by atoms with Crippen molar-refractivity contribution in [2.45, 2.75) is 40.0 Å². The smallest absolute Gasteiger partial charge is 0.0739 e. The van der Waals surface area contributed by atoms with E-state index in [2.05, 4.69) is 68.7 Å². The number of hydrogen-bond donors (Lipinski definition) is 0.